The number of nitrogens with one attached hydrogen (secondary N) is 1. The van der Waals surface area contributed by atoms with Crippen LogP contribution in [0, 0.1) is 0 Å². The standard InChI is InChI=1S/C9H13Br2NO2/c1-2-6(13)4-12-5-7-3-8(10)9(11)14-7/h3,6,12-13H,2,4-5H2,1H3. The third-order valence-electron chi connectivity index (χ3n) is 1.85. The average molecular weight is 327 g/mol. The zero-order chi connectivity index (χ0) is 10.6. The van der Waals surface area contributed by atoms with Crippen molar-refractivity contribution in [2.75, 3.05) is 6.54 Å². The summed E-state index contributed by atoms with van der Waals surface area (Å²) in [6.07, 6.45) is 0.482. The van der Waals surface area contributed by atoms with E-state index in [9.17, 15) is 5.11 Å². The molecule has 0 aliphatic rings. The molecule has 0 amide bonds. The van der Waals surface area contributed by atoms with Gasteiger partial charge in [-0.05, 0) is 44.3 Å². The van der Waals surface area contributed by atoms with Crippen LogP contribution in [0.3, 0.4) is 0 Å². The van der Waals surface area contributed by atoms with E-state index in [1.54, 1.807) is 0 Å². The molecule has 1 aromatic heterocycles. The first kappa shape index (κ1) is 12.2. The molecule has 3 nitrogen and oxygen atoms in total. The monoisotopic (exact) mass is 325 g/mol. The number of rotatable bonds is 5. The van der Waals surface area contributed by atoms with Gasteiger partial charge < -0.3 is 14.8 Å². The van der Waals surface area contributed by atoms with Crippen LogP contribution in [-0.2, 0) is 6.54 Å². The van der Waals surface area contributed by atoms with Crippen molar-refractivity contribution in [1.29, 1.82) is 0 Å². The van der Waals surface area contributed by atoms with Crippen LogP contribution in [0.25, 0.3) is 0 Å². The van der Waals surface area contributed by atoms with Crippen molar-refractivity contribution in [2.45, 2.75) is 26.0 Å². The zero-order valence-corrected chi connectivity index (χ0v) is 11.1. The van der Waals surface area contributed by atoms with E-state index < -0.39 is 0 Å². The van der Waals surface area contributed by atoms with Gasteiger partial charge in [0.2, 0.25) is 0 Å². The van der Waals surface area contributed by atoms with Crippen LogP contribution in [0.1, 0.15) is 19.1 Å². The summed E-state index contributed by atoms with van der Waals surface area (Å²) in [6, 6.07) is 1.90. The van der Waals surface area contributed by atoms with Gasteiger partial charge in [-0.3, -0.25) is 0 Å². The van der Waals surface area contributed by atoms with E-state index >= 15 is 0 Å². The van der Waals surface area contributed by atoms with Crippen molar-refractivity contribution in [3.8, 4) is 0 Å². The second kappa shape index (κ2) is 5.90. The molecule has 0 aromatic carbocycles. The maximum absolute atomic E-state index is 9.28. The van der Waals surface area contributed by atoms with Crippen LogP contribution in [-0.4, -0.2) is 17.8 Å². The highest BCUT2D eigenvalue weighted by Gasteiger charge is 2.06. The Morgan fingerprint density at radius 1 is 1.57 bits per heavy atom. The lowest BCUT2D eigenvalue weighted by molar-refractivity contribution is 0.166. The van der Waals surface area contributed by atoms with E-state index in [0.29, 0.717) is 17.8 Å². The van der Waals surface area contributed by atoms with Crippen LogP contribution < -0.4 is 5.32 Å². The van der Waals surface area contributed by atoms with E-state index in [1.165, 1.54) is 0 Å². The first-order chi connectivity index (χ1) is 6.63. The first-order valence-electron chi connectivity index (χ1n) is 4.46. The number of halogens is 2. The molecule has 14 heavy (non-hydrogen) atoms. The summed E-state index contributed by atoms with van der Waals surface area (Å²) < 4.78 is 6.96. The lowest BCUT2D eigenvalue weighted by atomic mass is 10.3. The van der Waals surface area contributed by atoms with Gasteiger partial charge in [-0.2, -0.15) is 0 Å². The maximum atomic E-state index is 9.28. The van der Waals surface area contributed by atoms with Gasteiger partial charge in [-0.25, -0.2) is 0 Å². The number of hydrogen-bond donors (Lipinski definition) is 2. The molecule has 0 spiro atoms. The molecular formula is C9H13Br2NO2. The minimum Gasteiger partial charge on any atom is -0.452 e. The molecule has 1 heterocycles. The minimum atomic E-state index is -0.281. The molecule has 0 saturated heterocycles. The minimum absolute atomic E-state index is 0.281. The van der Waals surface area contributed by atoms with Gasteiger partial charge in [-0.15, -0.1) is 0 Å². The third-order valence-corrected chi connectivity index (χ3v) is 3.56. The van der Waals surface area contributed by atoms with Crippen LogP contribution in [0.5, 0.6) is 0 Å². The van der Waals surface area contributed by atoms with Gasteiger partial charge in [0, 0.05) is 6.54 Å². The van der Waals surface area contributed by atoms with E-state index in [4.69, 9.17) is 4.42 Å². The van der Waals surface area contributed by atoms with Crippen molar-refractivity contribution in [2.24, 2.45) is 0 Å². The fraction of sp³-hybridized carbons (Fsp3) is 0.556. The molecule has 0 bridgehead atoms. The normalized spacial score (nSPS) is 13.1. The van der Waals surface area contributed by atoms with Crippen LogP contribution in [0.15, 0.2) is 19.6 Å². The Labute approximate surface area is 100 Å². The van der Waals surface area contributed by atoms with Crippen LogP contribution in [0.2, 0.25) is 0 Å². The van der Waals surface area contributed by atoms with Gasteiger partial charge in [-0.1, -0.05) is 6.92 Å². The van der Waals surface area contributed by atoms with Crippen molar-refractivity contribution in [3.05, 3.63) is 21.0 Å². The van der Waals surface area contributed by atoms with Crippen molar-refractivity contribution in [3.63, 3.8) is 0 Å². The number of aliphatic hydroxyl groups is 1. The predicted octanol–water partition coefficient (Wildman–Crippen LogP) is 2.67. The Balaban J connectivity index is 2.31. The van der Waals surface area contributed by atoms with Gasteiger partial charge >= 0.3 is 0 Å². The summed E-state index contributed by atoms with van der Waals surface area (Å²) in [5.74, 6) is 0.840. The van der Waals surface area contributed by atoms with E-state index in [2.05, 4.69) is 37.2 Å². The molecule has 1 atom stereocenters. The fourth-order valence-corrected chi connectivity index (χ4v) is 1.64. The molecule has 1 unspecified atom stereocenters. The summed E-state index contributed by atoms with van der Waals surface area (Å²) in [5, 5.41) is 12.4. The second-order valence-electron chi connectivity index (χ2n) is 3.03. The highest BCUT2D eigenvalue weighted by molar-refractivity contribution is 9.13. The number of furan rings is 1. The van der Waals surface area contributed by atoms with Gasteiger partial charge in [0.05, 0.1) is 17.1 Å². The van der Waals surface area contributed by atoms with Crippen LogP contribution >= 0.6 is 31.9 Å². The highest BCUT2D eigenvalue weighted by Crippen LogP contribution is 2.26. The smallest absolute Gasteiger partial charge is 0.183 e. The Bertz CT molecular complexity index is 269. The Morgan fingerprint density at radius 3 is 2.79 bits per heavy atom. The lowest BCUT2D eigenvalue weighted by Gasteiger charge is -2.07. The van der Waals surface area contributed by atoms with Crippen molar-refractivity contribution < 1.29 is 9.52 Å². The molecule has 0 aliphatic carbocycles. The predicted molar refractivity (Wildman–Crippen MR) is 62.1 cm³/mol. The highest BCUT2D eigenvalue weighted by atomic mass is 79.9. The van der Waals surface area contributed by atoms with Crippen molar-refractivity contribution in [1.82, 2.24) is 5.32 Å². The topological polar surface area (TPSA) is 45.4 Å². The molecule has 0 radical (unpaired) electrons. The largest absolute Gasteiger partial charge is 0.452 e. The first-order valence-corrected chi connectivity index (χ1v) is 6.04. The van der Waals surface area contributed by atoms with E-state index in [1.807, 2.05) is 13.0 Å². The summed E-state index contributed by atoms with van der Waals surface area (Å²) in [4.78, 5) is 0. The summed E-state index contributed by atoms with van der Waals surface area (Å²) in [5.41, 5.74) is 0. The molecule has 1 rings (SSSR count). The van der Waals surface area contributed by atoms with Gasteiger partial charge in [0.1, 0.15) is 5.76 Å². The molecule has 0 aliphatic heterocycles. The quantitative estimate of drug-likeness (QED) is 0.874. The fourth-order valence-electron chi connectivity index (χ4n) is 0.985. The third kappa shape index (κ3) is 3.73. The second-order valence-corrected chi connectivity index (χ2v) is 4.60. The number of aliphatic hydroxyl groups excluding tert-OH is 1. The number of hydrogen-bond acceptors (Lipinski definition) is 3. The van der Waals surface area contributed by atoms with E-state index in [0.717, 1.165) is 16.7 Å². The molecule has 80 valence electrons. The summed E-state index contributed by atoms with van der Waals surface area (Å²) in [7, 11) is 0. The van der Waals surface area contributed by atoms with Crippen molar-refractivity contribution >= 4 is 31.9 Å². The SMILES string of the molecule is CCC(O)CNCc1cc(Br)c(Br)o1. The molecule has 0 fully saturated rings. The lowest BCUT2D eigenvalue weighted by Crippen LogP contribution is -2.25. The van der Waals surface area contributed by atoms with Gasteiger partial charge in [0.25, 0.3) is 0 Å². The summed E-state index contributed by atoms with van der Waals surface area (Å²) >= 11 is 6.59. The average Bonchev–Trinajstić information content (AvgIpc) is 2.46. The Morgan fingerprint density at radius 2 is 2.29 bits per heavy atom. The molecule has 2 N–H and O–H groups in total. The molecule has 0 saturated carbocycles. The van der Waals surface area contributed by atoms with Gasteiger partial charge in [0.15, 0.2) is 4.67 Å². The Kier molecular flexibility index (Phi) is 5.15. The Hall–Kier alpha value is 0.160. The molecular weight excluding hydrogens is 314 g/mol. The van der Waals surface area contributed by atoms with Crippen LogP contribution in [0.4, 0.5) is 0 Å². The molecule has 5 heteroatoms. The van der Waals surface area contributed by atoms with E-state index in [-0.39, 0.29) is 6.10 Å². The maximum Gasteiger partial charge on any atom is 0.183 e. The summed E-state index contributed by atoms with van der Waals surface area (Å²) in [6.45, 7) is 3.17. The zero-order valence-electron chi connectivity index (χ0n) is 7.89. The molecule has 1 aromatic rings.